The van der Waals surface area contributed by atoms with E-state index in [9.17, 15) is 5.11 Å². The van der Waals surface area contributed by atoms with Crippen molar-refractivity contribution in [2.45, 2.75) is 38.8 Å². The van der Waals surface area contributed by atoms with Gasteiger partial charge in [-0.15, -0.1) is 0 Å². The number of nitrogens with one attached hydrogen (secondary N) is 1. The van der Waals surface area contributed by atoms with Gasteiger partial charge in [-0.3, -0.25) is 0 Å². The Kier molecular flexibility index (Phi) is 5.68. The van der Waals surface area contributed by atoms with Gasteiger partial charge in [0.2, 0.25) is 0 Å². The van der Waals surface area contributed by atoms with Crippen molar-refractivity contribution >= 4 is 0 Å². The Hall–Kier alpha value is -1.26. The molecule has 0 spiro atoms. The molecule has 1 aromatic carbocycles. The molecule has 1 aliphatic carbocycles. The largest absolute Gasteiger partial charge is 0.493 e. The van der Waals surface area contributed by atoms with Gasteiger partial charge in [0.05, 0.1) is 19.8 Å². The van der Waals surface area contributed by atoms with Crippen molar-refractivity contribution in [2.24, 2.45) is 5.92 Å². The normalized spacial score (nSPS) is 21.9. The number of ether oxygens (including phenoxy) is 2. The fraction of sp³-hybridized carbons (Fsp3) is 0.625. The molecule has 112 valence electrons. The van der Waals surface area contributed by atoms with E-state index in [1.54, 1.807) is 7.11 Å². The van der Waals surface area contributed by atoms with Gasteiger partial charge in [-0.2, -0.15) is 0 Å². The fourth-order valence-corrected chi connectivity index (χ4v) is 2.85. The standard InChI is InChI=1S/C16H25NO3/c1-3-20-15-9-5-7-13(16(15)19-2)11-17-10-12-6-4-8-14(12)18/h5,7,9,12,14,17-18H,3-4,6,8,10-11H2,1-2H3. The van der Waals surface area contributed by atoms with Crippen molar-refractivity contribution in [3.05, 3.63) is 23.8 Å². The maximum atomic E-state index is 9.82. The second-order valence-corrected chi connectivity index (χ2v) is 5.27. The van der Waals surface area contributed by atoms with Crippen molar-refractivity contribution in [3.8, 4) is 11.5 Å². The first-order valence-corrected chi connectivity index (χ1v) is 7.43. The summed E-state index contributed by atoms with van der Waals surface area (Å²) in [6, 6.07) is 5.95. The van der Waals surface area contributed by atoms with E-state index in [0.717, 1.165) is 49.4 Å². The third kappa shape index (κ3) is 3.64. The first kappa shape index (κ1) is 15.1. The van der Waals surface area contributed by atoms with Gasteiger partial charge in [0.1, 0.15) is 0 Å². The summed E-state index contributed by atoms with van der Waals surface area (Å²) in [6.07, 6.45) is 3.05. The minimum Gasteiger partial charge on any atom is -0.493 e. The SMILES string of the molecule is CCOc1cccc(CNCC2CCCC2O)c1OC. The average Bonchev–Trinajstić information content (AvgIpc) is 2.85. The van der Waals surface area contributed by atoms with Crippen LogP contribution in [-0.4, -0.2) is 31.5 Å². The zero-order valence-electron chi connectivity index (χ0n) is 12.4. The van der Waals surface area contributed by atoms with Crippen molar-refractivity contribution in [1.82, 2.24) is 5.32 Å². The van der Waals surface area contributed by atoms with Crippen LogP contribution in [0.15, 0.2) is 18.2 Å². The molecule has 1 aromatic rings. The lowest BCUT2D eigenvalue weighted by Crippen LogP contribution is -2.27. The molecule has 0 saturated heterocycles. The second kappa shape index (κ2) is 7.50. The van der Waals surface area contributed by atoms with Crippen LogP contribution in [0.5, 0.6) is 11.5 Å². The monoisotopic (exact) mass is 279 g/mol. The highest BCUT2D eigenvalue weighted by molar-refractivity contribution is 5.46. The quantitative estimate of drug-likeness (QED) is 0.804. The van der Waals surface area contributed by atoms with Crippen LogP contribution < -0.4 is 14.8 Å². The van der Waals surface area contributed by atoms with Crippen LogP contribution in [-0.2, 0) is 6.54 Å². The summed E-state index contributed by atoms with van der Waals surface area (Å²) >= 11 is 0. The highest BCUT2D eigenvalue weighted by Crippen LogP contribution is 2.31. The number of aliphatic hydroxyl groups excluding tert-OH is 1. The summed E-state index contributed by atoms with van der Waals surface area (Å²) in [6.45, 7) is 4.17. The Bertz CT molecular complexity index is 422. The highest BCUT2D eigenvalue weighted by atomic mass is 16.5. The van der Waals surface area contributed by atoms with E-state index in [-0.39, 0.29) is 6.10 Å². The summed E-state index contributed by atoms with van der Waals surface area (Å²) in [5.41, 5.74) is 1.09. The van der Waals surface area contributed by atoms with Crippen LogP contribution in [0.25, 0.3) is 0 Å². The molecule has 1 fully saturated rings. The van der Waals surface area contributed by atoms with Crippen molar-refractivity contribution < 1.29 is 14.6 Å². The number of aliphatic hydroxyl groups is 1. The van der Waals surface area contributed by atoms with Crippen molar-refractivity contribution in [2.75, 3.05) is 20.3 Å². The van der Waals surface area contributed by atoms with E-state index in [1.165, 1.54) is 0 Å². The van der Waals surface area contributed by atoms with Gasteiger partial charge >= 0.3 is 0 Å². The molecule has 20 heavy (non-hydrogen) atoms. The molecule has 1 saturated carbocycles. The molecule has 2 unspecified atom stereocenters. The smallest absolute Gasteiger partial charge is 0.165 e. The van der Waals surface area contributed by atoms with Gasteiger partial charge in [-0.1, -0.05) is 18.6 Å². The van der Waals surface area contributed by atoms with Crippen LogP contribution in [0.3, 0.4) is 0 Å². The van der Waals surface area contributed by atoms with E-state index in [2.05, 4.69) is 5.32 Å². The molecule has 0 aromatic heterocycles. The van der Waals surface area contributed by atoms with Crippen molar-refractivity contribution in [3.63, 3.8) is 0 Å². The predicted octanol–water partition coefficient (Wildman–Crippen LogP) is 2.34. The minimum absolute atomic E-state index is 0.140. The molecule has 0 radical (unpaired) electrons. The summed E-state index contributed by atoms with van der Waals surface area (Å²) in [5, 5.41) is 13.2. The first-order chi connectivity index (χ1) is 9.76. The highest BCUT2D eigenvalue weighted by Gasteiger charge is 2.24. The van der Waals surface area contributed by atoms with E-state index >= 15 is 0 Å². The summed E-state index contributed by atoms with van der Waals surface area (Å²) < 4.78 is 11.0. The lowest BCUT2D eigenvalue weighted by atomic mass is 10.1. The summed E-state index contributed by atoms with van der Waals surface area (Å²) in [7, 11) is 1.67. The molecular formula is C16H25NO3. The maximum Gasteiger partial charge on any atom is 0.165 e. The van der Waals surface area contributed by atoms with Crippen LogP contribution in [0, 0.1) is 5.92 Å². The Labute approximate surface area is 121 Å². The number of rotatable bonds is 7. The summed E-state index contributed by atoms with van der Waals surface area (Å²) in [4.78, 5) is 0. The third-order valence-corrected chi connectivity index (χ3v) is 3.91. The van der Waals surface area contributed by atoms with Gasteiger partial charge in [0.15, 0.2) is 11.5 Å². The number of hydrogen-bond acceptors (Lipinski definition) is 4. The Morgan fingerprint density at radius 3 is 2.85 bits per heavy atom. The number of benzene rings is 1. The van der Waals surface area contributed by atoms with Gasteiger partial charge in [0.25, 0.3) is 0 Å². The van der Waals surface area contributed by atoms with Gasteiger partial charge in [-0.05, 0) is 31.7 Å². The molecule has 2 N–H and O–H groups in total. The Morgan fingerprint density at radius 1 is 1.35 bits per heavy atom. The fourth-order valence-electron chi connectivity index (χ4n) is 2.85. The van der Waals surface area contributed by atoms with E-state index in [0.29, 0.717) is 12.5 Å². The molecule has 2 atom stereocenters. The van der Waals surface area contributed by atoms with E-state index in [1.807, 2.05) is 25.1 Å². The zero-order chi connectivity index (χ0) is 14.4. The molecule has 0 aliphatic heterocycles. The second-order valence-electron chi connectivity index (χ2n) is 5.27. The Balaban J connectivity index is 1.93. The molecule has 1 aliphatic rings. The zero-order valence-corrected chi connectivity index (χ0v) is 12.4. The predicted molar refractivity (Wildman–Crippen MR) is 79.2 cm³/mol. The number of para-hydroxylation sites is 1. The molecule has 2 rings (SSSR count). The van der Waals surface area contributed by atoms with Crippen molar-refractivity contribution in [1.29, 1.82) is 0 Å². The third-order valence-electron chi connectivity index (χ3n) is 3.91. The van der Waals surface area contributed by atoms with Crippen LogP contribution in [0.1, 0.15) is 31.7 Å². The van der Waals surface area contributed by atoms with Crippen LogP contribution in [0.4, 0.5) is 0 Å². The minimum atomic E-state index is -0.140. The van der Waals surface area contributed by atoms with Gasteiger partial charge in [-0.25, -0.2) is 0 Å². The molecule has 0 amide bonds. The van der Waals surface area contributed by atoms with E-state index < -0.39 is 0 Å². The number of hydrogen-bond donors (Lipinski definition) is 2. The van der Waals surface area contributed by atoms with Gasteiger partial charge < -0.3 is 19.9 Å². The molecule has 0 bridgehead atoms. The molecule has 4 nitrogen and oxygen atoms in total. The van der Waals surface area contributed by atoms with Gasteiger partial charge in [0, 0.05) is 18.7 Å². The number of methoxy groups -OCH3 is 1. The Morgan fingerprint density at radius 2 is 2.20 bits per heavy atom. The topological polar surface area (TPSA) is 50.7 Å². The van der Waals surface area contributed by atoms with Crippen LogP contribution in [0.2, 0.25) is 0 Å². The molecule has 0 heterocycles. The van der Waals surface area contributed by atoms with E-state index in [4.69, 9.17) is 9.47 Å². The summed E-state index contributed by atoms with van der Waals surface area (Å²) in [5.74, 6) is 1.97. The lowest BCUT2D eigenvalue weighted by molar-refractivity contribution is 0.131. The molecule has 4 heteroatoms. The lowest BCUT2D eigenvalue weighted by Gasteiger charge is -2.17. The van der Waals surface area contributed by atoms with Crippen LogP contribution >= 0.6 is 0 Å². The maximum absolute atomic E-state index is 9.82. The first-order valence-electron chi connectivity index (χ1n) is 7.43. The average molecular weight is 279 g/mol. The molecular weight excluding hydrogens is 254 g/mol.